The van der Waals surface area contributed by atoms with Crippen LogP contribution in [-0.4, -0.2) is 23.3 Å². The van der Waals surface area contributed by atoms with Crippen LogP contribution in [0.25, 0.3) is 0 Å². The smallest absolute Gasteiger partial charge is 0.239 e. The minimum atomic E-state index is -0.361. The molecule has 0 aliphatic rings. The molecule has 0 fully saturated rings. The van der Waals surface area contributed by atoms with Gasteiger partial charge in [-0.3, -0.25) is 9.59 Å². The highest BCUT2D eigenvalue weighted by atomic mass is 19.1. The van der Waals surface area contributed by atoms with E-state index in [1.54, 1.807) is 18.2 Å². The summed E-state index contributed by atoms with van der Waals surface area (Å²) >= 11 is 0. The highest BCUT2D eigenvalue weighted by Crippen LogP contribution is 2.06. The van der Waals surface area contributed by atoms with Crippen molar-refractivity contribution in [1.29, 1.82) is 0 Å². The monoisotopic (exact) mass is 314 g/mol. The molecular formula is C18H19FN2O2. The zero-order chi connectivity index (χ0) is 16.7. The summed E-state index contributed by atoms with van der Waals surface area (Å²) < 4.78 is 13.5. The van der Waals surface area contributed by atoms with Gasteiger partial charge in [0.1, 0.15) is 5.82 Å². The number of benzene rings is 2. The van der Waals surface area contributed by atoms with Crippen LogP contribution in [0, 0.1) is 5.82 Å². The van der Waals surface area contributed by atoms with E-state index in [0.717, 1.165) is 5.56 Å². The Morgan fingerprint density at radius 1 is 1.04 bits per heavy atom. The largest absolute Gasteiger partial charge is 0.350 e. The van der Waals surface area contributed by atoms with E-state index in [0.29, 0.717) is 12.1 Å². The van der Waals surface area contributed by atoms with Gasteiger partial charge in [0.2, 0.25) is 11.8 Å². The van der Waals surface area contributed by atoms with E-state index < -0.39 is 0 Å². The van der Waals surface area contributed by atoms with Gasteiger partial charge in [-0.2, -0.15) is 0 Å². The number of amides is 2. The third-order valence-corrected chi connectivity index (χ3v) is 3.43. The molecule has 0 saturated carbocycles. The molecule has 0 radical (unpaired) electrons. The molecule has 23 heavy (non-hydrogen) atoms. The van der Waals surface area contributed by atoms with Crippen LogP contribution in [0.2, 0.25) is 0 Å². The first-order chi connectivity index (χ1) is 11.1. The zero-order valence-electron chi connectivity index (χ0n) is 13.0. The Balaban J connectivity index is 1.91. The van der Waals surface area contributed by atoms with Crippen LogP contribution in [0.4, 0.5) is 4.39 Å². The quantitative estimate of drug-likeness (QED) is 0.890. The fraction of sp³-hybridized carbons (Fsp3) is 0.222. The van der Waals surface area contributed by atoms with E-state index in [-0.39, 0.29) is 30.7 Å². The van der Waals surface area contributed by atoms with Gasteiger partial charge in [0, 0.05) is 25.6 Å². The molecule has 0 unspecified atom stereocenters. The fourth-order valence-corrected chi connectivity index (χ4v) is 2.15. The SMILES string of the molecule is CC(=O)N(CC(=O)NCc1ccccc1F)Cc1ccccc1. The van der Waals surface area contributed by atoms with Crippen molar-refractivity contribution in [3.8, 4) is 0 Å². The van der Waals surface area contributed by atoms with Gasteiger partial charge >= 0.3 is 0 Å². The molecule has 0 aromatic heterocycles. The van der Waals surface area contributed by atoms with Crippen molar-refractivity contribution in [3.63, 3.8) is 0 Å². The maximum absolute atomic E-state index is 13.5. The summed E-state index contributed by atoms with van der Waals surface area (Å²) in [5.74, 6) is -0.866. The first kappa shape index (κ1) is 16.7. The highest BCUT2D eigenvalue weighted by Gasteiger charge is 2.14. The second kappa shape index (κ2) is 8.08. The van der Waals surface area contributed by atoms with E-state index in [1.165, 1.54) is 17.9 Å². The van der Waals surface area contributed by atoms with Crippen molar-refractivity contribution >= 4 is 11.8 Å². The lowest BCUT2D eigenvalue weighted by atomic mass is 10.2. The first-order valence-corrected chi connectivity index (χ1v) is 7.36. The standard InChI is InChI=1S/C18H19FN2O2/c1-14(22)21(12-15-7-3-2-4-8-15)13-18(23)20-11-16-9-5-6-10-17(16)19/h2-10H,11-13H2,1H3,(H,20,23). The number of carbonyl (C=O) groups excluding carboxylic acids is 2. The number of hydrogen-bond donors (Lipinski definition) is 1. The van der Waals surface area contributed by atoms with E-state index in [9.17, 15) is 14.0 Å². The lowest BCUT2D eigenvalue weighted by Crippen LogP contribution is -2.39. The lowest BCUT2D eigenvalue weighted by molar-refractivity contribution is -0.135. The minimum absolute atomic E-state index is 0.0569. The van der Waals surface area contributed by atoms with E-state index >= 15 is 0 Å². The summed E-state index contributed by atoms with van der Waals surface area (Å²) in [5, 5.41) is 2.64. The van der Waals surface area contributed by atoms with Crippen LogP contribution >= 0.6 is 0 Å². The van der Waals surface area contributed by atoms with Crippen LogP contribution in [-0.2, 0) is 22.7 Å². The Morgan fingerprint density at radius 3 is 2.35 bits per heavy atom. The molecule has 0 aliphatic heterocycles. The number of carbonyl (C=O) groups is 2. The second-order valence-corrected chi connectivity index (χ2v) is 5.23. The summed E-state index contributed by atoms with van der Waals surface area (Å²) in [7, 11) is 0. The molecule has 0 saturated heterocycles. The third kappa shape index (κ3) is 5.21. The summed E-state index contributed by atoms with van der Waals surface area (Å²) in [6.07, 6.45) is 0. The molecule has 4 nitrogen and oxygen atoms in total. The van der Waals surface area contributed by atoms with Crippen LogP contribution in [0.5, 0.6) is 0 Å². The van der Waals surface area contributed by atoms with Crippen LogP contribution in [0.3, 0.4) is 0 Å². The molecule has 2 aromatic carbocycles. The Kier molecular flexibility index (Phi) is 5.86. The predicted molar refractivity (Wildman–Crippen MR) is 85.8 cm³/mol. The molecule has 5 heteroatoms. The number of hydrogen-bond acceptors (Lipinski definition) is 2. The van der Waals surface area contributed by atoms with Gasteiger partial charge in [0.25, 0.3) is 0 Å². The molecule has 0 aliphatic carbocycles. The Labute approximate surface area is 134 Å². The van der Waals surface area contributed by atoms with Gasteiger partial charge in [0.05, 0.1) is 6.54 Å². The van der Waals surface area contributed by atoms with E-state index in [1.807, 2.05) is 30.3 Å². The molecule has 2 amide bonds. The maximum Gasteiger partial charge on any atom is 0.239 e. The fourth-order valence-electron chi connectivity index (χ4n) is 2.15. The average molecular weight is 314 g/mol. The summed E-state index contributed by atoms with van der Waals surface area (Å²) in [4.78, 5) is 25.2. The van der Waals surface area contributed by atoms with E-state index in [4.69, 9.17) is 0 Å². The molecule has 0 atom stereocenters. The van der Waals surface area contributed by atoms with E-state index in [2.05, 4.69) is 5.32 Å². The molecule has 2 rings (SSSR count). The van der Waals surface area contributed by atoms with Crippen molar-refractivity contribution in [2.45, 2.75) is 20.0 Å². The van der Waals surface area contributed by atoms with Gasteiger partial charge in [-0.1, -0.05) is 48.5 Å². The number of halogens is 1. The number of rotatable bonds is 6. The summed E-state index contributed by atoms with van der Waals surface area (Å²) in [6, 6.07) is 15.7. The molecule has 0 spiro atoms. The van der Waals surface area contributed by atoms with Gasteiger partial charge in [-0.05, 0) is 11.6 Å². The van der Waals surface area contributed by atoms with Crippen molar-refractivity contribution in [3.05, 3.63) is 71.5 Å². The van der Waals surface area contributed by atoms with Crippen LogP contribution in [0.1, 0.15) is 18.1 Å². The van der Waals surface area contributed by atoms with Crippen molar-refractivity contribution < 1.29 is 14.0 Å². The van der Waals surface area contributed by atoms with Crippen molar-refractivity contribution in [1.82, 2.24) is 10.2 Å². The Hall–Kier alpha value is -2.69. The Bertz CT molecular complexity index is 674. The van der Waals surface area contributed by atoms with Crippen molar-refractivity contribution in [2.24, 2.45) is 0 Å². The Morgan fingerprint density at radius 2 is 1.70 bits per heavy atom. The zero-order valence-corrected chi connectivity index (χ0v) is 13.0. The third-order valence-electron chi connectivity index (χ3n) is 3.43. The molecule has 0 heterocycles. The minimum Gasteiger partial charge on any atom is -0.350 e. The van der Waals surface area contributed by atoms with Gasteiger partial charge < -0.3 is 10.2 Å². The molecule has 2 aromatic rings. The number of nitrogens with zero attached hydrogens (tertiary/aromatic N) is 1. The second-order valence-electron chi connectivity index (χ2n) is 5.23. The highest BCUT2D eigenvalue weighted by molar-refractivity contribution is 5.83. The normalized spacial score (nSPS) is 10.2. The molecule has 120 valence electrons. The van der Waals surface area contributed by atoms with Crippen LogP contribution in [0.15, 0.2) is 54.6 Å². The first-order valence-electron chi connectivity index (χ1n) is 7.36. The molecule has 1 N–H and O–H groups in total. The number of nitrogens with one attached hydrogen (secondary N) is 1. The molecular weight excluding hydrogens is 295 g/mol. The van der Waals surface area contributed by atoms with Crippen LogP contribution < -0.4 is 5.32 Å². The van der Waals surface area contributed by atoms with Gasteiger partial charge in [-0.15, -0.1) is 0 Å². The van der Waals surface area contributed by atoms with Gasteiger partial charge in [-0.25, -0.2) is 4.39 Å². The molecule has 0 bridgehead atoms. The maximum atomic E-state index is 13.5. The lowest BCUT2D eigenvalue weighted by Gasteiger charge is -2.20. The predicted octanol–water partition coefficient (Wildman–Crippen LogP) is 2.49. The summed E-state index contributed by atoms with van der Waals surface area (Å²) in [6.45, 7) is 1.83. The van der Waals surface area contributed by atoms with Gasteiger partial charge in [0.15, 0.2) is 0 Å². The van der Waals surface area contributed by atoms with Crippen molar-refractivity contribution in [2.75, 3.05) is 6.54 Å². The topological polar surface area (TPSA) is 49.4 Å². The average Bonchev–Trinajstić information content (AvgIpc) is 2.54. The summed E-state index contributed by atoms with van der Waals surface area (Å²) in [5.41, 5.74) is 1.36.